The second kappa shape index (κ2) is 8.73. The van der Waals surface area contributed by atoms with Crippen molar-refractivity contribution in [3.63, 3.8) is 0 Å². The van der Waals surface area contributed by atoms with Crippen LogP contribution in [0, 0.1) is 12.7 Å². The van der Waals surface area contributed by atoms with Gasteiger partial charge in [-0.05, 0) is 37.6 Å². The summed E-state index contributed by atoms with van der Waals surface area (Å²) in [5, 5.41) is 0.757. The lowest BCUT2D eigenvalue weighted by atomic mass is 10.1. The van der Waals surface area contributed by atoms with Crippen molar-refractivity contribution in [3.8, 4) is 17.1 Å². The minimum atomic E-state index is -1.26. The molecule has 0 saturated carbocycles. The molecular formula is C25H24FN5O2S. The summed E-state index contributed by atoms with van der Waals surface area (Å²) < 4.78 is 28.4. The standard InChI is InChI=1S/C25H24FN5O2S/c1-15-3-6-21(26)20(9-15)17-11-28-25(29-12-17)31-14-23(34(2)33)19-5-4-16(10-22(19)31)24(32)30-8-7-18(27)13-30/h3-6,9-12,14,18H,7-8,13,27H2,1-2H3/t18-,34?/m1/s1. The molecule has 34 heavy (non-hydrogen) atoms. The Morgan fingerprint density at radius 1 is 1.18 bits per heavy atom. The zero-order chi connectivity index (χ0) is 24.0. The molecule has 2 aromatic carbocycles. The molecule has 0 aliphatic carbocycles. The summed E-state index contributed by atoms with van der Waals surface area (Å²) in [6.07, 6.45) is 7.24. The van der Waals surface area contributed by atoms with Gasteiger partial charge in [0.05, 0.1) is 21.2 Å². The van der Waals surface area contributed by atoms with Gasteiger partial charge in [-0.1, -0.05) is 17.7 Å². The third kappa shape index (κ3) is 4.01. The molecule has 4 aromatic rings. The van der Waals surface area contributed by atoms with Gasteiger partial charge in [0.2, 0.25) is 5.95 Å². The first-order valence-electron chi connectivity index (χ1n) is 10.9. The van der Waals surface area contributed by atoms with Gasteiger partial charge in [0.15, 0.2) is 0 Å². The van der Waals surface area contributed by atoms with E-state index in [2.05, 4.69) is 9.97 Å². The van der Waals surface area contributed by atoms with Crippen LogP contribution in [0.5, 0.6) is 0 Å². The van der Waals surface area contributed by atoms with Crippen LogP contribution >= 0.6 is 0 Å². The quantitative estimate of drug-likeness (QED) is 0.486. The fourth-order valence-electron chi connectivity index (χ4n) is 4.32. The predicted octanol–water partition coefficient (Wildman–Crippen LogP) is 3.45. The summed E-state index contributed by atoms with van der Waals surface area (Å²) in [6.45, 7) is 3.05. The first-order chi connectivity index (χ1) is 16.3. The van der Waals surface area contributed by atoms with E-state index in [4.69, 9.17) is 5.73 Å². The Hall–Kier alpha value is -3.43. The fourth-order valence-corrected chi connectivity index (χ4v) is 5.06. The Bertz CT molecular complexity index is 1430. The summed E-state index contributed by atoms with van der Waals surface area (Å²) in [5.74, 6) is -0.0962. The number of halogens is 1. The number of carbonyl (C=O) groups is 1. The summed E-state index contributed by atoms with van der Waals surface area (Å²) in [5.41, 5.74) is 9.08. The van der Waals surface area contributed by atoms with Crippen molar-refractivity contribution in [2.75, 3.05) is 19.3 Å². The van der Waals surface area contributed by atoms with Crippen LogP contribution in [0.4, 0.5) is 4.39 Å². The fraction of sp³-hybridized carbons (Fsp3) is 0.240. The van der Waals surface area contributed by atoms with Gasteiger partial charge in [-0.25, -0.2) is 14.4 Å². The second-order valence-electron chi connectivity index (χ2n) is 8.60. The number of hydrogen-bond donors (Lipinski definition) is 1. The summed E-state index contributed by atoms with van der Waals surface area (Å²) >= 11 is 0. The molecule has 5 rings (SSSR count). The van der Waals surface area contributed by atoms with E-state index in [-0.39, 0.29) is 17.8 Å². The monoisotopic (exact) mass is 477 g/mol. The van der Waals surface area contributed by atoms with Crippen molar-refractivity contribution in [2.24, 2.45) is 5.73 Å². The molecule has 1 amide bonds. The zero-order valence-electron chi connectivity index (χ0n) is 18.9. The number of carbonyl (C=O) groups excluding carboxylic acids is 1. The molecule has 0 spiro atoms. The molecule has 2 atom stereocenters. The summed E-state index contributed by atoms with van der Waals surface area (Å²) in [6, 6.07) is 10.2. The molecule has 1 aliphatic heterocycles. The molecular weight excluding hydrogens is 453 g/mol. The Morgan fingerprint density at radius 2 is 1.94 bits per heavy atom. The topological polar surface area (TPSA) is 94.1 Å². The van der Waals surface area contributed by atoms with Gasteiger partial charge in [0, 0.05) is 66.1 Å². The van der Waals surface area contributed by atoms with Crippen LogP contribution in [0.25, 0.3) is 28.0 Å². The van der Waals surface area contributed by atoms with Crippen molar-refractivity contribution in [2.45, 2.75) is 24.3 Å². The molecule has 1 saturated heterocycles. The maximum atomic E-state index is 14.3. The van der Waals surface area contributed by atoms with E-state index < -0.39 is 10.8 Å². The minimum Gasteiger partial charge on any atom is -0.337 e. The Balaban J connectivity index is 1.57. The number of aromatic nitrogens is 3. The molecule has 174 valence electrons. The Kier molecular flexibility index (Phi) is 5.75. The maximum Gasteiger partial charge on any atom is 0.253 e. The van der Waals surface area contributed by atoms with Gasteiger partial charge in [0.25, 0.3) is 5.91 Å². The van der Waals surface area contributed by atoms with E-state index in [9.17, 15) is 13.4 Å². The number of nitrogens with two attached hydrogens (primary N) is 1. The smallest absolute Gasteiger partial charge is 0.253 e. The molecule has 0 radical (unpaired) electrons. The van der Waals surface area contributed by atoms with Crippen LogP contribution in [0.1, 0.15) is 22.3 Å². The molecule has 1 fully saturated rings. The number of hydrogen-bond acceptors (Lipinski definition) is 5. The Labute approximate surface area is 198 Å². The predicted molar refractivity (Wildman–Crippen MR) is 130 cm³/mol. The van der Waals surface area contributed by atoms with Crippen molar-refractivity contribution >= 4 is 27.6 Å². The van der Waals surface area contributed by atoms with Crippen molar-refractivity contribution in [3.05, 3.63) is 71.9 Å². The molecule has 1 unspecified atom stereocenters. The lowest BCUT2D eigenvalue weighted by Crippen LogP contribution is -2.31. The zero-order valence-corrected chi connectivity index (χ0v) is 19.7. The van der Waals surface area contributed by atoms with E-state index in [1.54, 1.807) is 58.6 Å². The second-order valence-corrected chi connectivity index (χ2v) is 9.95. The van der Waals surface area contributed by atoms with Gasteiger partial charge in [-0.2, -0.15) is 0 Å². The van der Waals surface area contributed by atoms with E-state index >= 15 is 0 Å². The number of aryl methyl sites for hydroxylation is 1. The van der Waals surface area contributed by atoms with E-state index in [0.717, 1.165) is 17.4 Å². The molecule has 2 aromatic heterocycles. The van der Waals surface area contributed by atoms with Crippen LogP contribution in [0.2, 0.25) is 0 Å². The number of nitrogens with zero attached hydrogens (tertiary/aromatic N) is 4. The molecule has 2 N–H and O–H groups in total. The highest BCUT2D eigenvalue weighted by Gasteiger charge is 2.25. The highest BCUT2D eigenvalue weighted by Crippen LogP contribution is 2.29. The highest BCUT2D eigenvalue weighted by molar-refractivity contribution is 7.84. The molecule has 3 heterocycles. The van der Waals surface area contributed by atoms with Crippen LogP contribution in [0.15, 0.2) is 59.9 Å². The van der Waals surface area contributed by atoms with E-state index in [0.29, 0.717) is 46.1 Å². The number of likely N-dealkylation sites (tertiary alicyclic amines) is 1. The SMILES string of the molecule is Cc1ccc(F)c(-c2cnc(-n3cc(S(C)=O)c4ccc(C(=O)N5CC[C@@H](N)C5)cc43)nc2)c1. The van der Waals surface area contributed by atoms with Gasteiger partial charge < -0.3 is 10.6 Å². The number of fused-ring (bicyclic) bond motifs is 1. The first kappa shape index (κ1) is 22.4. The third-order valence-electron chi connectivity index (χ3n) is 6.12. The molecule has 7 nitrogen and oxygen atoms in total. The lowest BCUT2D eigenvalue weighted by molar-refractivity contribution is 0.0791. The van der Waals surface area contributed by atoms with Gasteiger partial charge in [-0.15, -0.1) is 0 Å². The molecule has 1 aliphatic rings. The number of amides is 1. The number of benzene rings is 2. The number of rotatable bonds is 4. The largest absolute Gasteiger partial charge is 0.337 e. The van der Waals surface area contributed by atoms with Crippen LogP contribution in [-0.4, -0.2) is 54.9 Å². The lowest BCUT2D eigenvalue weighted by Gasteiger charge is -2.16. The average Bonchev–Trinajstić information content (AvgIpc) is 3.44. The third-order valence-corrected chi connectivity index (χ3v) is 7.07. The molecule has 9 heteroatoms. The first-order valence-corrected chi connectivity index (χ1v) is 12.5. The van der Waals surface area contributed by atoms with Crippen LogP contribution < -0.4 is 5.73 Å². The highest BCUT2D eigenvalue weighted by atomic mass is 32.2. The Morgan fingerprint density at radius 3 is 2.62 bits per heavy atom. The van der Waals surface area contributed by atoms with Gasteiger partial charge in [-0.3, -0.25) is 13.6 Å². The average molecular weight is 478 g/mol. The van der Waals surface area contributed by atoms with E-state index in [1.807, 2.05) is 13.0 Å². The maximum absolute atomic E-state index is 14.3. The van der Waals surface area contributed by atoms with Gasteiger partial charge >= 0.3 is 0 Å². The molecule has 0 bridgehead atoms. The van der Waals surface area contributed by atoms with Crippen molar-refractivity contribution < 1.29 is 13.4 Å². The minimum absolute atomic E-state index is 0.00388. The summed E-state index contributed by atoms with van der Waals surface area (Å²) in [7, 11) is -1.26. The van der Waals surface area contributed by atoms with Crippen LogP contribution in [-0.2, 0) is 10.8 Å². The van der Waals surface area contributed by atoms with Crippen molar-refractivity contribution in [1.82, 2.24) is 19.4 Å². The summed E-state index contributed by atoms with van der Waals surface area (Å²) in [4.78, 5) is 24.3. The van der Waals surface area contributed by atoms with Crippen molar-refractivity contribution in [1.29, 1.82) is 0 Å². The van der Waals surface area contributed by atoms with E-state index in [1.165, 1.54) is 6.07 Å². The van der Waals surface area contributed by atoms with Crippen LogP contribution in [0.3, 0.4) is 0 Å². The normalized spacial score (nSPS) is 16.8. The van der Waals surface area contributed by atoms with Gasteiger partial charge in [0.1, 0.15) is 5.82 Å².